The van der Waals surface area contributed by atoms with Gasteiger partial charge in [0.05, 0.1) is 27.4 Å². The summed E-state index contributed by atoms with van der Waals surface area (Å²) in [5.74, 6) is 2.08. The van der Waals surface area contributed by atoms with Gasteiger partial charge in [0.15, 0.2) is 23.0 Å². The lowest BCUT2D eigenvalue weighted by molar-refractivity contribution is 0.0863. The second kappa shape index (κ2) is 7.22. The average molecular weight is 402 g/mol. The summed E-state index contributed by atoms with van der Waals surface area (Å²) in [6.45, 7) is 4.23. The molecule has 0 radical (unpaired) electrons. The number of hydrogen-bond donors (Lipinski definition) is 2. The van der Waals surface area contributed by atoms with E-state index in [1.54, 1.807) is 13.2 Å². The quantitative estimate of drug-likeness (QED) is 0.810. The minimum atomic E-state index is -0.785. The zero-order chi connectivity index (χ0) is 20.9. The first-order valence-electron chi connectivity index (χ1n) is 9.58. The summed E-state index contributed by atoms with van der Waals surface area (Å²) in [6, 6.07) is 3.62. The largest absolute Gasteiger partial charge is 0.502 e. The number of rotatable bonds is 3. The van der Waals surface area contributed by atoms with Crippen molar-refractivity contribution in [2.24, 2.45) is 11.8 Å². The normalized spacial score (nSPS) is 22.2. The van der Waals surface area contributed by atoms with Gasteiger partial charge >= 0.3 is 0 Å². The van der Waals surface area contributed by atoms with Crippen LogP contribution < -0.4 is 23.7 Å². The molecule has 2 N–H and O–H groups in total. The van der Waals surface area contributed by atoms with Gasteiger partial charge in [-0.1, -0.05) is 13.8 Å². The fraction of sp³-hybridized carbons (Fsp3) is 0.455. The number of hydrogen-bond acceptors (Lipinski definition) is 7. The van der Waals surface area contributed by atoms with Crippen LogP contribution in [0.3, 0.4) is 0 Å². The molecule has 1 aliphatic carbocycles. The Hall–Kier alpha value is -2.80. The maximum atomic E-state index is 11.2. The second-order valence-corrected chi connectivity index (χ2v) is 7.59. The van der Waals surface area contributed by atoms with Crippen LogP contribution in [0.1, 0.15) is 31.1 Å². The molecule has 0 saturated carbocycles. The van der Waals surface area contributed by atoms with Gasteiger partial charge in [-0.2, -0.15) is 0 Å². The van der Waals surface area contributed by atoms with Crippen LogP contribution in [0, 0.1) is 11.8 Å². The lowest BCUT2D eigenvalue weighted by Gasteiger charge is -2.33. The molecule has 0 amide bonds. The summed E-state index contributed by atoms with van der Waals surface area (Å²) in [5.41, 5.74) is 2.87. The number of benzene rings is 2. The molecular weight excluding hydrogens is 376 g/mol. The molecule has 7 heteroatoms. The Labute approximate surface area is 169 Å². The molecule has 29 heavy (non-hydrogen) atoms. The predicted octanol–water partition coefficient (Wildman–Crippen LogP) is 3.68. The molecular formula is C22H26O7. The highest BCUT2D eigenvalue weighted by Crippen LogP contribution is 2.57. The van der Waals surface area contributed by atoms with Gasteiger partial charge in [0.1, 0.15) is 0 Å². The van der Waals surface area contributed by atoms with Crippen LogP contribution in [0.25, 0.3) is 11.1 Å². The van der Waals surface area contributed by atoms with Gasteiger partial charge in [-0.3, -0.25) is 0 Å². The van der Waals surface area contributed by atoms with Crippen molar-refractivity contribution in [2.45, 2.75) is 26.4 Å². The standard InChI is InChI=1S/C22H26O7/c1-10-6-12-7-15-20(29-9-28-15)22(27-5)16(12)17-13(18(23)11(10)2)8-14(25-3)19(24)21(17)26-4/h7-8,10-11,18,23-24H,6,9H2,1-5H3/t10-,11-,18-/m0/s1. The van der Waals surface area contributed by atoms with E-state index in [1.165, 1.54) is 14.2 Å². The number of fused-ring (bicyclic) bond motifs is 4. The lowest BCUT2D eigenvalue weighted by atomic mass is 9.76. The molecule has 0 bridgehead atoms. The molecule has 0 fully saturated rings. The smallest absolute Gasteiger partial charge is 0.231 e. The Morgan fingerprint density at radius 1 is 0.966 bits per heavy atom. The van der Waals surface area contributed by atoms with Crippen molar-refractivity contribution < 1.29 is 33.9 Å². The van der Waals surface area contributed by atoms with Crippen molar-refractivity contribution in [3.8, 4) is 45.6 Å². The Kier molecular flexibility index (Phi) is 4.86. The van der Waals surface area contributed by atoms with E-state index < -0.39 is 6.10 Å². The minimum absolute atomic E-state index is 0.0442. The van der Waals surface area contributed by atoms with Crippen molar-refractivity contribution in [3.05, 3.63) is 23.3 Å². The molecule has 3 atom stereocenters. The molecule has 1 aliphatic heterocycles. The molecule has 0 spiro atoms. The first-order valence-corrected chi connectivity index (χ1v) is 9.58. The molecule has 1 heterocycles. The molecule has 0 unspecified atom stereocenters. The van der Waals surface area contributed by atoms with Crippen LogP contribution in [0.5, 0.6) is 34.5 Å². The van der Waals surface area contributed by atoms with E-state index in [-0.39, 0.29) is 35.9 Å². The first kappa shape index (κ1) is 19.5. The van der Waals surface area contributed by atoms with E-state index in [2.05, 4.69) is 6.92 Å². The second-order valence-electron chi connectivity index (χ2n) is 7.59. The predicted molar refractivity (Wildman–Crippen MR) is 106 cm³/mol. The van der Waals surface area contributed by atoms with Crippen molar-refractivity contribution in [1.29, 1.82) is 0 Å². The fourth-order valence-corrected chi connectivity index (χ4v) is 4.31. The topological polar surface area (TPSA) is 86.6 Å². The maximum Gasteiger partial charge on any atom is 0.231 e. The number of phenols is 1. The Bertz CT molecular complexity index is 953. The number of ether oxygens (including phenoxy) is 5. The zero-order valence-electron chi connectivity index (χ0n) is 17.2. The van der Waals surface area contributed by atoms with Crippen molar-refractivity contribution in [1.82, 2.24) is 0 Å². The van der Waals surface area contributed by atoms with Gasteiger partial charge in [0.25, 0.3) is 0 Å². The van der Waals surface area contributed by atoms with Crippen LogP contribution in [0.15, 0.2) is 12.1 Å². The van der Waals surface area contributed by atoms with E-state index in [1.807, 2.05) is 13.0 Å². The van der Waals surface area contributed by atoms with Gasteiger partial charge in [0, 0.05) is 11.1 Å². The minimum Gasteiger partial charge on any atom is -0.502 e. The highest BCUT2D eigenvalue weighted by Gasteiger charge is 2.37. The molecule has 2 aromatic carbocycles. The van der Waals surface area contributed by atoms with Gasteiger partial charge in [-0.25, -0.2) is 0 Å². The monoisotopic (exact) mass is 402 g/mol. The molecule has 156 valence electrons. The number of phenolic OH excluding ortho intramolecular Hbond substituents is 1. The summed E-state index contributed by atoms with van der Waals surface area (Å²) in [4.78, 5) is 0. The fourth-order valence-electron chi connectivity index (χ4n) is 4.31. The Balaban J connectivity index is 2.15. The van der Waals surface area contributed by atoms with Crippen molar-refractivity contribution in [3.63, 3.8) is 0 Å². The summed E-state index contributed by atoms with van der Waals surface area (Å²) in [5, 5.41) is 22.0. The van der Waals surface area contributed by atoms with Crippen molar-refractivity contribution >= 4 is 0 Å². The summed E-state index contributed by atoms with van der Waals surface area (Å²) >= 11 is 0. The van der Waals surface area contributed by atoms with Crippen LogP contribution in [-0.2, 0) is 6.42 Å². The van der Waals surface area contributed by atoms with Gasteiger partial charge in [-0.15, -0.1) is 0 Å². The van der Waals surface area contributed by atoms with E-state index in [0.717, 1.165) is 11.1 Å². The van der Waals surface area contributed by atoms with Crippen LogP contribution in [0.2, 0.25) is 0 Å². The summed E-state index contributed by atoms with van der Waals surface area (Å²) < 4.78 is 28.0. The van der Waals surface area contributed by atoms with E-state index in [9.17, 15) is 10.2 Å². The molecule has 7 nitrogen and oxygen atoms in total. The molecule has 2 aromatic rings. The van der Waals surface area contributed by atoms with Crippen LogP contribution >= 0.6 is 0 Å². The van der Waals surface area contributed by atoms with Crippen LogP contribution in [0.4, 0.5) is 0 Å². The molecule has 0 aromatic heterocycles. The first-order chi connectivity index (χ1) is 13.9. The third kappa shape index (κ3) is 2.83. The molecule has 4 rings (SSSR count). The number of methoxy groups -OCH3 is 3. The summed E-state index contributed by atoms with van der Waals surface area (Å²) in [7, 11) is 4.51. The lowest BCUT2D eigenvalue weighted by Crippen LogP contribution is -2.22. The number of aromatic hydroxyl groups is 1. The molecule has 2 aliphatic rings. The Morgan fingerprint density at radius 2 is 1.69 bits per heavy atom. The SMILES string of the molecule is COc1cc2c(c(OC)c1O)-c1c(cc3c(c1OC)OCO3)C[C@H](C)[C@H](C)[C@@H]2O. The highest BCUT2D eigenvalue weighted by molar-refractivity contribution is 5.88. The summed E-state index contributed by atoms with van der Waals surface area (Å²) in [6.07, 6.45) is -0.0951. The van der Waals surface area contributed by atoms with E-state index in [0.29, 0.717) is 34.8 Å². The third-order valence-corrected chi connectivity index (χ3v) is 6.09. The van der Waals surface area contributed by atoms with E-state index in [4.69, 9.17) is 23.7 Å². The van der Waals surface area contributed by atoms with Crippen molar-refractivity contribution in [2.75, 3.05) is 28.1 Å². The van der Waals surface area contributed by atoms with Crippen LogP contribution in [-0.4, -0.2) is 38.3 Å². The third-order valence-electron chi connectivity index (χ3n) is 6.09. The zero-order valence-corrected chi connectivity index (χ0v) is 17.2. The Morgan fingerprint density at radius 3 is 2.34 bits per heavy atom. The maximum absolute atomic E-state index is 11.2. The molecule has 0 saturated heterocycles. The van der Waals surface area contributed by atoms with E-state index >= 15 is 0 Å². The average Bonchev–Trinajstić information content (AvgIpc) is 3.18. The number of aliphatic hydroxyl groups excluding tert-OH is 1. The van der Waals surface area contributed by atoms with Gasteiger partial charge in [-0.05, 0) is 41.5 Å². The van der Waals surface area contributed by atoms with Gasteiger partial charge < -0.3 is 33.9 Å². The highest BCUT2D eigenvalue weighted by atomic mass is 16.7. The van der Waals surface area contributed by atoms with Gasteiger partial charge in [0.2, 0.25) is 18.3 Å². The number of aliphatic hydroxyl groups is 1.